The lowest BCUT2D eigenvalue weighted by Crippen LogP contribution is -2.31. The number of hydrogen-bond donors (Lipinski definition) is 1. The van der Waals surface area contributed by atoms with E-state index in [9.17, 15) is 0 Å². The lowest BCUT2D eigenvalue weighted by Gasteiger charge is -2.25. The van der Waals surface area contributed by atoms with Crippen molar-refractivity contribution in [1.29, 1.82) is 0 Å². The third-order valence-electron chi connectivity index (χ3n) is 3.76. The highest BCUT2D eigenvalue weighted by molar-refractivity contribution is 9.10. The van der Waals surface area contributed by atoms with Crippen LogP contribution >= 0.6 is 15.9 Å². The second kappa shape index (κ2) is 7.54. The van der Waals surface area contributed by atoms with Gasteiger partial charge in [-0.3, -0.25) is 4.68 Å². The molecule has 1 aromatic rings. The summed E-state index contributed by atoms with van der Waals surface area (Å²) in [5.74, 6) is 0.485. The van der Waals surface area contributed by atoms with Gasteiger partial charge in [0.1, 0.15) is 0 Å². The van der Waals surface area contributed by atoms with Crippen molar-refractivity contribution in [3.8, 4) is 0 Å². The third-order valence-corrected chi connectivity index (χ3v) is 4.37. The van der Waals surface area contributed by atoms with Gasteiger partial charge in [0, 0.05) is 13.0 Å². The van der Waals surface area contributed by atoms with Gasteiger partial charge in [0.25, 0.3) is 0 Å². The van der Waals surface area contributed by atoms with E-state index in [0.717, 1.165) is 30.6 Å². The van der Waals surface area contributed by atoms with E-state index in [0.29, 0.717) is 18.6 Å². The van der Waals surface area contributed by atoms with Gasteiger partial charge in [-0.2, -0.15) is 5.10 Å². The first-order valence-corrected chi connectivity index (χ1v) is 8.01. The summed E-state index contributed by atoms with van der Waals surface area (Å²) in [4.78, 5) is 0. The van der Waals surface area contributed by atoms with Gasteiger partial charge in [0.15, 0.2) is 0 Å². The molecule has 0 amide bonds. The molecular weight excluding hydrogens is 322 g/mol. The second-order valence-corrected chi connectivity index (χ2v) is 6.12. The summed E-state index contributed by atoms with van der Waals surface area (Å²) in [5.41, 5.74) is 1.20. The minimum atomic E-state index is 0.263. The van der Waals surface area contributed by atoms with E-state index in [-0.39, 0.29) is 6.04 Å². The molecule has 3 unspecified atom stereocenters. The number of hydrogen-bond acceptors (Lipinski definition) is 4. The zero-order chi connectivity index (χ0) is 14.5. The minimum Gasteiger partial charge on any atom is -0.383 e. The molecule has 1 saturated heterocycles. The molecule has 0 aromatic carbocycles. The normalized spacial score (nSPS) is 24.2. The summed E-state index contributed by atoms with van der Waals surface area (Å²) in [6.07, 6.45) is 3.30. The zero-order valence-corrected chi connectivity index (χ0v) is 14.0. The summed E-state index contributed by atoms with van der Waals surface area (Å²) < 4.78 is 14.0. The van der Waals surface area contributed by atoms with Crippen LogP contribution in [0.3, 0.4) is 0 Å². The van der Waals surface area contributed by atoms with Crippen LogP contribution in [0.5, 0.6) is 0 Å². The molecule has 0 spiro atoms. The first-order chi connectivity index (χ1) is 9.67. The second-order valence-electron chi connectivity index (χ2n) is 5.27. The Morgan fingerprint density at radius 1 is 1.65 bits per heavy atom. The maximum Gasteiger partial charge on any atom is 0.0700 e. The molecule has 0 aliphatic carbocycles. The zero-order valence-electron chi connectivity index (χ0n) is 12.4. The summed E-state index contributed by atoms with van der Waals surface area (Å²) >= 11 is 3.64. The topological polar surface area (TPSA) is 48.3 Å². The molecule has 2 heterocycles. The van der Waals surface area contributed by atoms with Crippen molar-refractivity contribution in [3.63, 3.8) is 0 Å². The SMILES string of the molecule is CCNC(c1c(Br)cnn1CCOC)C1COC(C)C1. The van der Waals surface area contributed by atoms with Crippen molar-refractivity contribution < 1.29 is 9.47 Å². The summed E-state index contributed by atoms with van der Waals surface area (Å²) in [7, 11) is 1.71. The lowest BCUT2D eigenvalue weighted by molar-refractivity contribution is 0.116. The average Bonchev–Trinajstić information content (AvgIpc) is 3.01. The van der Waals surface area contributed by atoms with Gasteiger partial charge in [0.2, 0.25) is 0 Å². The Balaban J connectivity index is 2.21. The van der Waals surface area contributed by atoms with Gasteiger partial charge in [-0.15, -0.1) is 0 Å². The van der Waals surface area contributed by atoms with Gasteiger partial charge in [-0.05, 0) is 35.8 Å². The Bertz CT molecular complexity index is 425. The minimum absolute atomic E-state index is 0.263. The predicted octanol–water partition coefficient (Wildman–Crippen LogP) is 2.37. The Hall–Kier alpha value is -0.430. The molecule has 1 fully saturated rings. The molecule has 114 valence electrons. The first kappa shape index (κ1) is 15.9. The Labute approximate surface area is 129 Å². The van der Waals surface area contributed by atoms with Crippen molar-refractivity contribution in [3.05, 3.63) is 16.4 Å². The van der Waals surface area contributed by atoms with E-state index >= 15 is 0 Å². The highest BCUT2D eigenvalue weighted by Gasteiger charge is 2.33. The molecule has 1 aromatic heterocycles. The fourth-order valence-corrected chi connectivity index (χ4v) is 3.37. The molecule has 6 heteroatoms. The van der Waals surface area contributed by atoms with Crippen LogP contribution < -0.4 is 5.32 Å². The molecule has 20 heavy (non-hydrogen) atoms. The molecule has 3 atom stereocenters. The van der Waals surface area contributed by atoms with E-state index in [1.165, 1.54) is 5.69 Å². The molecule has 0 radical (unpaired) electrons. The molecule has 0 bridgehead atoms. The van der Waals surface area contributed by atoms with Crippen molar-refractivity contribution in [1.82, 2.24) is 15.1 Å². The van der Waals surface area contributed by atoms with Gasteiger partial charge < -0.3 is 14.8 Å². The van der Waals surface area contributed by atoms with E-state index in [1.807, 2.05) is 10.9 Å². The molecule has 1 aliphatic rings. The smallest absolute Gasteiger partial charge is 0.0700 e. The number of ether oxygens (including phenoxy) is 2. The third kappa shape index (κ3) is 3.61. The molecule has 5 nitrogen and oxygen atoms in total. The maximum absolute atomic E-state index is 5.74. The van der Waals surface area contributed by atoms with Crippen molar-refractivity contribution in [2.45, 2.75) is 39.0 Å². The predicted molar refractivity (Wildman–Crippen MR) is 81.7 cm³/mol. The summed E-state index contributed by atoms with van der Waals surface area (Å²) in [6.45, 7) is 7.44. The number of halogens is 1. The summed E-state index contributed by atoms with van der Waals surface area (Å²) in [6, 6.07) is 0.263. The molecular formula is C14H24BrN3O2. The highest BCUT2D eigenvalue weighted by Crippen LogP contribution is 2.35. The Kier molecular flexibility index (Phi) is 6.01. The molecule has 1 N–H and O–H groups in total. The fraction of sp³-hybridized carbons (Fsp3) is 0.786. The van der Waals surface area contributed by atoms with Crippen LogP contribution in [0.15, 0.2) is 10.7 Å². The highest BCUT2D eigenvalue weighted by atomic mass is 79.9. The van der Waals surface area contributed by atoms with E-state index in [1.54, 1.807) is 7.11 Å². The van der Waals surface area contributed by atoms with Crippen LogP contribution in [0.2, 0.25) is 0 Å². The number of aromatic nitrogens is 2. The van der Waals surface area contributed by atoms with E-state index in [2.05, 4.69) is 40.2 Å². The van der Waals surface area contributed by atoms with E-state index < -0.39 is 0 Å². The number of rotatable bonds is 7. The summed E-state index contributed by atoms with van der Waals surface area (Å²) in [5, 5.41) is 8.05. The average molecular weight is 346 g/mol. The van der Waals surface area contributed by atoms with Crippen LogP contribution in [-0.4, -0.2) is 42.8 Å². The fourth-order valence-electron chi connectivity index (χ4n) is 2.83. The van der Waals surface area contributed by atoms with Crippen LogP contribution in [0, 0.1) is 5.92 Å². The van der Waals surface area contributed by atoms with Gasteiger partial charge in [-0.25, -0.2) is 0 Å². The van der Waals surface area contributed by atoms with Crippen molar-refractivity contribution in [2.75, 3.05) is 26.9 Å². The quantitative estimate of drug-likeness (QED) is 0.824. The monoisotopic (exact) mass is 345 g/mol. The lowest BCUT2D eigenvalue weighted by atomic mass is 9.94. The van der Waals surface area contributed by atoms with Crippen LogP contribution in [0.4, 0.5) is 0 Å². The Morgan fingerprint density at radius 2 is 2.45 bits per heavy atom. The first-order valence-electron chi connectivity index (χ1n) is 7.22. The van der Waals surface area contributed by atoms with Crippen LogP contribution in [-0.2, 0) is 16.0 Å². The number of methoxy groups -OCH3 is 1. The largest absolute Gasteiger partial charge is 0.383 e. The molecule has 2 rings (SSSR count). The van der Waals surface area contributed by atoms with Crippen LogP contribution in [0.1, 0.15) is 32.0 Å². The van der Waals surface area contributed by atoms with Crippen LogP contribution in [0.25, 0.3) is 0 Å². The molecule has 1 aliphatic heterocycles. The van der Waals surface area contributed by atoms with Gasteiger partial charge in [-0.1, -0.05) is 6.92 Å². The Morgan fingerprint density at radius 3 is 3.05 bits per heavy atom. The van der Waals surface area contributed by atoms with Gasteiger partial charge in [0.05, 0.1) is 48.3 Å². The maximum atomic E-state index is 5.74. The van der Waals surface area contributed by atoms with Crippen molar-refractivity contribution >= 4 is 15.9 Å². The van der Waals surface area contributed by atoms with Gasteiger partial charge >= 0.3 is 0 Å². The molecule has 0 saturated carbocycles. The standard InChI is InChI=1S/C14H24BrN3O2/c1-4-16-13(11-7-10(2)20-9-11)14-12(15)8-17-18(14)5-6-19-3/h8,10-11,13,16H,4-7,9H2,1-3H3. The number of nitrogens with one attached hydrogen (secondary N) is 1. The van der Waals surface area contributed by atoms with Crippen molar-refractivity contribution in [2.24, 2.45) is 5.92 Å². The van der Waals surface area contributed by atoms with E-state index in [4.69, 9.17) is 9.47 Å². The number of nitrogens with zero attached hydrogens (tertiary/aromatic N) is 2.